The van der Waals surface area contributed by atoms with Crippen LogP contribution in [0.3, 0.4) is 0 Å². The zero-order valence-electron chi connectivity index (χ0n) is 16.7. The molecule has 5 heteroatoms. The van der Waals surface area contributed by atoms with Gasteiger partial charge in [-0.1, -0.05) is 52.0 Å². The number of ether oxygens (including phenoxy) is 1. The smallest absolute Gasteiger partial charge is 0.409 e. The molecule has 0 bridgehead atoms. The summed E-state index contributed by atoms with van der Waals surface area (Å²) in [6.45, 7) is 12.9. The molecule has 1 aromatic carbocycles. The number of hydrogen-bond donors (Lipinski definition) is 0. The van der Waals surface area contributed by atoms with Crippen LogP contribution in [0.1, 0.15) is 57.6 Å². The summed E-state index contributed by atoms with van der Waals surface area (Å²) in [5.41, 5.74) is 2.36. The largest absolute Gasteiger partial charge is 0.450 e. The fraction of sp³-hybridized carbons (Fsp3) is 0.619. The monoisotopic (exact) mass is 360 g/mol. The lowest BCUT2D eigenvalue weighted by atomic mass is 9.86. The van der Waals surface area contributed by atoms with Gasteiger partial charge in [-0.05, 0) is 29.9 Å². The van der Waals surface area contributed by atoms with E-state index in [0.29, 0.717) is 38.7 Å². The highest BCUT2D eigenvalue weighted by Crippen LogP contribution is 2.28. The van der Waals surface area contributed by atoms with E-state index in [1.165, 1.54) is 5.56 Å². The molecule has 144 valence electrons. The van der Waals surface area contributed by atoms with Crippen LogP contribution < -0.4 is 0 Å². The average Bonchev–Trinajstić information content (AvgIpc) is 2.62. The normalized spacial score (nSPS) is 16.1. The van der Waals surface area contributed by atoms with E-state index in [1.54, 1.807) is 11.8 Å². The standard InChI is InChI=1S/C21H32N2O3/c1-6-26-21(25)23-13-11-22(12-14-23)20(24)19(16(4)5)18-9-7-17(8-10-18)15(2)3/h7-10,15-16,19H,6,11-14H2,1-5H3. The lowest BCUT2D eigenvalue weighted by Gasteiger charge is -2.36. The Bertz CT molecular complexity index is 602. The van der Waals surface area contributed by atoms with E-state index in [4.69, 9.17) is 4.74 Å². The molecule has 1 aliphatic heterocycles. The quantitative estimate of drug-likeness (QED) is 0.801. The molecular formula is C21H32N2O3. The van der Waals surface area contributed by atoms with Crippen LogP contribution in [-0.4, -0.2) is 54.6 Å². The van der Waals surface area contributed by atoms with Crippen LogP contribution in [0.5, 0.6) is 0 Å². The third kappa shape index (κ3) is 4.77. The van der Waals surface area contributed by atoms with E-state index >= 15 is 0 Å². The van der Waals surface area contributed by atoms with Gasteiger partial charge in [0.05, 0.1) is 12.5 Å². The second kappa shape index (κ2) is 9.06. The zero-order chi connectivity index (χ0) is 19.3. The lowest BCUT2D eigenvalue weighted by Crippen LogP contribution is -2.52. The molecule has 1 aliphatic rings. The molecule has 0 spiro atoms. The molecule has 2 amide bonds. The molecule has 1 atom stereocenters. The summed E-state index contributed by atoms with van der Waals surface area (Å²) in [7, 11) is 0. The number of benzene rings is 1. The first-order valence-electron chi connectivity index (χ1n) is 9.65. The van der Waals surface area contributed by atoms with Crippen molar-refractivity contribution in [1.29, 1.82) is 0 Å². The minimum Gasteiger partial charge on any atom is -0.450 e. The van der Waals surface area contributed by atoms with Crippen molar-refractivity contribution in [1.82, 2.24) is 9.80 Å². The van der Waals surface area contributed by atoms with Crippen molar-refractivity contribution in [2.45, 2.75) is 46.5 Å². The Morgan fingerprint density at radius 1 is 0.923 bits per heavy atom. The van der Waals surface area contributed by atoms with Crippen molar-refractivity contribution in [2.75, 3.05) is 32.8 Å². The molecule has 1 fully saturated rings. The summed E-state index contributed by atoms with van der Waals surface area (Å²) in [6, 6.07) is 8.43. The number of carbonyl (C=O) groups excluding carboxylic acids is 2. The minimum atomic E-state index is -0.288. The topological polar surface area (TPSA) is 49.9 Å². The van der Waals surface area contributed by atoms with Gasteiger partial charge in [-0.2, -0.15) is 0 Å². The Kier molecular flexibility index (Phi) is 7.06. The van der Waals surface area contributed by atoms with Gasteiger partial charge in [-0.15, -0.1) is 0 Å². The van der Waals surface area contributed by atoms with E-state index < -0.39 is 0 Å². The van der Waals surface area contributed by atoms with Crippen LogP contribution in [-0.2, 0) is 9.53 Å². The van der Waals surface area contributed by atoms with Crippen LogP contribution in [0.15, 0.2) is 24.3 Å². The van der Waals surface area contributed by atoms with Crippen LogP contribution >= 0.6 is 0 Å². The van der Waals surface area contributed by atoms with E-state index in [1.807, 2.05) is 4.90 Å². The first-order valence-corrected chi connectivity index (χ1v) is 9.65. The van der Waals surface area contributed by atoms with Crippen molar-refractivity contribution >= 4 is 12.0 Å². The Hall–Kier alpha value is -2.04. The number of rotatable bonds is 5. The highest BCUT2D eigenvalue weighted by Gasteiger charge is 2.31. The molecule has 1 saturated heterocycles. The minimum absolute atomic E-state index is 0.148. The van der Waals surface area contributed by atoms with Gasteiger partial charge < -0.3 is 14.5 Å². The molecule has 0 N–H and O–H groups in total. The fourth-order valence-electron chi connectivity index (χ4n) is 3.42. The number of nitrogens with zero attached hydrogens (tertiary/aromatic N) is 2. The van der Waals surface area contributed by atoms with E-state index in [-0.39, 0.29) is 23.8 Å². The number of carbonyl (C=O) groups is 2. The Labute approximate surface area is 157 Å². The number of amides is 2. The van der Waals surface area contributed by atoms with Crippen molar-refractivity contribution in [3.05, 3.63) is 35.4 Å². The van der Waals surface area contributed by atoms with Crippen molar-refractivity contribution in [2.24, 2.45) is 5.92 Å². The molecule has 1 heterocycles. The fourth-order valence-corrected chi connectivity index (χ4v) is 3.42. The second-order valence-electron chi connectivity index (χ2n) is 7.55. The molecule has 0 aliphatic carbocycles. The maximum atomic E-state index is 13.2. The SMILES string of the molecule is CCOC(=O)N1CCN(C(=O)C(c2ccc(C(C)C)cc2)C(C)C)CC1. The van der Waals surface area contributed by atoms with Crippen molar-refractivity contribution < 1.29 is 14.3 Å². The van der Waals surface area contributed by atoms with Crippen LogP contribution in [0.4, 0.5) is 4.79 Å². The number of hydrogen-bond acceptors (Lipinski definition) is 3. The average molecular weight is 360 g/mol. The van der Waals surface area contributed by atoms with Crippen molar-refractivity contribution in [3.8, 4) is 0 Å². The summed E-state index contributed by atoms with van der Waals surface area (Å²) < 4.78 is 5.05. The van der Waals surface area contributed by atoms with Gasteiger partial charge in [-0.3, -0.25) is 4.79 Å². The molecule has 0 radical (unpaired) electrons. The highest BCUT2D eigenvalue weighted by atomic mass is 16.6. The Morgan fingerprint density at radius 2 is 1.42 bits per heavy atom. The first-order chi connectivity index (χ1) is 12.3. The maximum absolute atomic E-state index is 13.2. The predicted octanol–water partition coefficient (Wildman–Crippen LogP) is 3.85. The van der Waals surface area contributed by atoms with Crippen molar-refractivity contribution in [3.63, 3.8) is 0 Å². The first kappa shape index (κ1) is 20.3. The van der Waals surface area contributed by atoms with E-state index in [0.717, 1.165) is 5.56 Å². The van der Waals surface area contributed by atoms with Gasteiger partial charge in [0.2, 0.25) is 5.91 Å². The molecule has 5 nitrogen and oxygen atoms in total. The van der Waals surface area contributed by atoms with Crippen LogP contribution in [0.25, 0.3) is 0 Å². The van der Waals surface area contributed by atoms with Gasteiger partial charge >= 0.3 is 6.09 Å². The summed E-state index contributed by atoms with van der Waals surface area (Å²) in [4.78, 5) is 28.5. The van der Waals surface area contributed by atoms with Gasteiger partial charge in [0.15, 0.2) is 0 Å². The summed E-state index contributed by atoms with van der Waals surface area (Å²) >= 11 is 0. The Morgan fingerprint density at radius 3 is 1.88 bits per heavy atom. The number of piperazine rings is 1. The maximum Gasteiger partial charge on any atom is 0.409 e. The predicted molar refractivity (Wildman–Crippen MR) is 103 cm³/mol. The summed E-state index contributed by atoms with van der Waals surface area (Å²) in [6.07, 6.45) is -0.288. The molecular weight excluding hydrogens is 328 g/mol. The molecule has 0 aromatic heterocycles. The van der Waals surface area contributed by atoms with Gasteiger partial charge in [-0.25, -0.2) is 4.79 Å². The van der Waals surface area contributed by atoms with Gasteiger partial charge in [0.1, 0.15) is 0 Å². The van der Waals surface area contributed by atoms with Crippen LogP contribution in [0.2, 0.25) is 0 Å². The summed E-state index contributed by atoms with van der Waals surface area (Å²) in [5, 5.41) is 0. The molecule has 0 saturated carbocycles. The molecule has 2 rings (SSSR count). The molecule has 1 unspecified atom stereocenters. The van der Waals surface area contributed by atoms with Gasteiger partial charge in [0.25, 0.3) is 0 Å². The molecule has 26 heavy (non-hydrogen) atoms. The highest BCUT2D eigenvalue weighted by molar-refractivity contribution is 5.84. The zero-order valence-corrected chi connectivity index (χ0v) is 16.7. The van der Waals surface area contributed by atoms with E-state index in [9.17, 15) is 9.59 Å². The second-order valence-corrected chi connectivity index (χ2v) is 7.55. The molecule has 1 aromatic rings. The summed E-state index contributed by atoms with van der Waals surface area (Å²) in [5.74, 6) is 0.704. The Balaban J connectivity index is 2.06. The van der Waals surface area contributed by atoms with E-state index in [2.05, 4.69) is 52.0 Å². The third-order valence-electron chi connectivity index (χ3n) is 5.01. The lowest BCUT2D eigenvalue weighted by molar-refractivity contribution is -0.135. The van der Waals surface area contributed by atoms with Crippen LogP contribution in [0, 0.1) is 5.92 Å². The third-order valence-corrected chi connectivity index (χ3v) is 5.01. The van der Waals surface area contributed by atoms with Gasteiger partial charge in [0, 0.05) is 26.2 Å².